The highest BCUT2D eigenvalue weighted by molar-refractivity contribution is 9.10. The largest absolute Gasteiger partial charge is 0.492 e. The fraction of sp³-hybridized carbons (Fsp3) is 0.571. The first kappa shape index (κ1) is 16.8. The van der Waals surface area contributed by atoms with Gasteiger partial charge in [-0.05, 0) is 44.0 Å². The normalized spacial score (nSPS) is 10.7. The molecule has 0 aliphatic rings. The summed E-state index contributed by atoms with van der Waals surface area (Å²) in [5.74, 6) is 0.789. The molecular weight excluding hydrogens is 330 g/mol. The molecule has 108 valence electrons. The van der Waals surface area contributed by atoms with Crippen LogP contribution in [0.15, 0.2) is 16.6 Å². The van der Waals surface area contributed by atoms with Crippen molar-refractivity contribution in [2.24, 2.45) is 0 Å². The van der Waals surface area contributed by atoms with Crippen LogP contribution in [0.1, 0.15) is 18.4 Å². The predicted octanol–water partition coefficient (Wildman–Crippen LogP) is 3.81. The maximum absolute atomic E-state index is 6.15. The highest BCUT2D eigenvalue weighted by Crippen LogP contribution is 2.32. The van der Waals surface area contributed by atoms with Gasteiger partial charge >= 0.3 is 0 Å². The number of rotatable bonds is 9. The van der Waals surface area contributed by atoms with Crippen molar-refractivity contribution >= 4 is 27.5 Å². The number of halogens is 2. The molecule has 0 aliphatic heterocycles. The van der Waals surface area contributed by atoms with E-state index in [0.717, 1.165) is 48.3 Å². The van der Waals surface area contributed by atoms with Crippen LogP contribution < -0.4 is 10.1 Å². The van der Waals surface area contributed by atoms with Crippen LogP contribution in [0.2, 0.25) is 5.02 Å². The summed E-state index contributed by atoms with van der Waals surface area (Å²) < 4.78 is 11.7. The van der Waals surface area contributed by atoms with Crippen molar-refractivity contribution in [1.82, 2.24) is 5.32 Å². The van der Waals surface area contributed by atoms with Gasteiger partial charge in [0.25, 0.3) is 0 Å². The lowest BCUT2D eigenvalue weighted by Gasteiger charge is -2.11. The molecule has 0 spiro atoms. The highest BCUT2D eigenvalue weighted by atomic mass is 79.9. The van der Waals surface area contributed by atoms with Gasteiger partial charge in [-0.15, -0.1) is 0 Å². The Labute approximate surface area is 128 Å². The fourth-order valence-electron chi connectivity index (χ4n) is 1.70. The summed E-state index contributed by atoms with van der Waals surface area (Å²) in [6.07, 6.45) is 2.09. The third-order valence-electron chi connectivity index (χ3n) is 2.67. The van der Waals surface area contributed by atoms with Gasteiger partial charge in [0, 0.05) is 18.1 Å². The molecule has 1 aromatic rings. The molecule has 0 aromatic heterocycles. The Balaban J connectivity index is 2.19. The van der Waals surface area contributed by atoms with Gasteiger partial charge in [0.2, 0.25) is 0 Å². The molecule has 0 saturated carbocycles. The van der Waals surface area contributed by atoms with Gasteiger partial charge in [-0.25, -0.2) is 0 Å². The van der Waals surface area contributed by atoms with E-state index < -0.39 is 0 Å². The Morgan fingerprint density at radius 3 is 2.68 bits per heavy atom. The maximum atomic E-state index is 6.15. The smallest absolute Gasteiger partial charge is 0.140 e. The van der Waals surface area contributed by atoms with Gasteiger partial charge in [-0.2, -0.15) is 0 Å². The molecular formula is C14H21BrClNO2. The van der Waals surface area contributed by atoms with E-state index in [1.54, 1.807) is 7.11 Å². The van der Waals surface area contributed by atoms with Crippen LogP contribution in [-0.4, -0.2) is 33.4 Å². The third kappa shape index (κ3) is 6.61. The van der Waals surface area contributed by atoms with E-state index in [0.29, 0.717) is 11.6 Å². The number of unbranched alkanes of at least 4 members (excludes halogenated alkanes) is 1. The first-order valence-electron chi connectivity index (χ1n) is 6.43. The molecule has 1 aromatic carbocycles. The lowest BCUT2D eigenvalue weighted by Crippen LogP contribution is -2.20. The van der Waals surface area contributed by atoms with Crippen molar-refractivity contribution in [3.63, 3.8) is 0 Å². The van der Waals surface area contributed by atoms with Crippen LogP contribution in [0, 0.1) is 6.92 Å². The molecule has 0 fully saturated rings. The summed E-state index contributed by atoms with van der Waals surface area (Å²) in [6.45, 7) is 5.32. The van der Waals surface area contributed by atoms with Gasteiger partial charge in [0.15, 0.2) is 0 Å². The average Bonchev–Trinajstić information content (AvgIpc) is 2.35. The highest BCUT2D eigenvalue weighted by Gasteiger charge is 2.06. The fourth-order valence-corrected chi connectivity index (χ4v) is 2.72. The van der Waals surface area contributed by atoms with Crippen LogP contribution in [0.3, 0.4) is 0 Å². The number of nitrogens with one attached hydrogen (secondary N) is 1. The van der Waals surface area contributed by atoms with E-state index in [9.17, 15) is 0 Å². The minimum Gasteiger partial charge on any atom is -0.492 e. The Hall–Kier alpha value is -0.290. The molecule has 0 heterocycles. The second-order valence-corrected chi connectivity index (χ2v) is 5.65. The van der Waals surface area contributed by atoms with Gasteiger partial charge in [-0.1, -0.05) is 27.5 Å². The Kier molecular flexibility index (Phi) is 8.46. The number of ether oxygens (including phenoxy) is 2. The number of hydrogen-bond acceptors (Lipinski definition) is 3. The first-order valence-corrected chi connectivity index (χ1v) is 7.60. The zero-order chi connectivity index (χ0) is 14.1. The van der Waals surface area contributed by atoms with Gasteiger partial charge < -0.3 is 14.8 Å². The predicted molar refractivity (Wildman–Crippen MR) is 83.4 cm³/mol. The summed E-state index contributed by atoms with van der Waals surface area (Å²) in [7, 11) is 1.71. The topological polar surface area (TPSA) is 30.5 Å². The van der Waals surface area contributed by atoms with Crippen molar-refractivity contribution in [2.45, 2.75) is 19.8 Å². The van der Waals surface area contributed by atoms with Crippen molar-refractivity contribution in [3.8, 4) is 5.75 Å². The summed E-state index contributed by atoms with van der Waals surface area (Å²) in [6, 6.07) is 3.86. The summed E-state index contributed by atoms with van der Waals surface area (Å²) in [5.41, 5.74) is 1.05. The second-order valence-electron chi connectivity index (χ2n) is 4.33. The molecule has 1 rings (SSSR count). The molecule has 5 heteroatoms. The summed E-state index contributed by atoms with van der Waals surface area (Å²) >= 11 is 9.56. The first-order chi connectivity index (χ1) is 9.15. The summed E-state index contributed by atoms with van der Waals surface area (Å²) in [4.78, 5) is 0. The zero-order valence-corrected chi connectivity index (χ0v) is 13.8. The van der Waals surface area contributed by atoms with Crippen molar-refractivity contribution in [1.29, 1.82) is 0 Å². The van der Waals surface area contributed by atoms with E-state index in [-0.39, 0.29) is 0 Å². The molecule has 0 bridgehead atoms. The maximum Gasteiger partial charge on any atom is 0.140 e. The van der Waals surface area contributed by atoms with Crippen LogP contribution in [0.25, 0.3) is 0 Å². The number of hydrogen-bond donors (Lipinski definition) is 1. The van der Waals surface area contributed by atoms with E-state index in [2.05, 4.69) is 21.2 Å². The Morgan fingerprint density at radius 2 is 2.00 bits per heavy atom. The van der Waals surface area contributed by atoms with Crippen LogP contribution in [0.5, 0.6) is 5.75 Å². The standard InChI is InChI=1S/C14H21BrClNO2/c1-11-9-12(15)10-13(16)14(11)19-7-4-3-5-17-6-8-18-2/h9-10,17H,3-8H2,1-2H3. The van der Waals surface area contributed by atoms with Crippen LogP contribution in [-0.2, 0) is 4.74 Å². The number of aryl methyl sites for hydroxylation is 1. The molecule has 3 nitrogen and oxygen atoms in total. The van der Waals surface area contributed by atoms with Crippen molar-refractivity contribution < 1.29 is 9.47 Å². The zero-order valence-electron chi connectivity index (χ0n) is 11.5. The van der Waals surface area contributed by atoms with Gasteiger partial charge in [-0.3, -0.25) is 0 Å². The van der Waals surface area contributed by atoms with E-state index in [1.165, 1.54) is 0 Å². The van der Waals surface area contributed by atoms with Crippen LogP contribution in [0.4, 0.5) is 0 Å². The molecule has 19 heavy (non-hydrogen) atoms. The SMILES string of the molecule is COCCNCCCCOc1c(C)cc(Br)cc1Cl. The lowest BCUT2D eigenvalue weighted by atomic mass is 10.2. The van der Waals surface area contributed by atoms with Crippen LogP contribution >= 0.6 is 27.5 Å². The average molecular weight is 351 g/mol. The van der Waals surface area contributed by atoms with Gasteiger partial charge in [0.05, 0.1) is 18.2 Å². The number of methoxy groups -OCH3 is 1. The molecule has 1 N–H and O–H groups in total. The second kappa shape index (κ2) is 9.59. The van der Waals surface area contributed by atoms with Crippen molar-refractivity contribution in [2.75, 3.05) is 33.4 Å². The monoisotopic (exact) mass is 349 g/mol. The third-order valence-corrected chi connectivity index (χ3v) is 3.41. The number of benzene rings is 1. The molecule has 0 saturated heterocycles. The van der Waals surface area contributed by atoms with E-state index in [1.807, 2.05) is 19.1 Å². The molecule has 0 unspecified atom stereocenters. The Bertz CT molecular complexity index is 365. The van der Waals surface area contributed by atoms with E-state index >= 15 is 0 Å². The lowest BCUT2D eigenvalue weighted by molar-refractivity contribution is 0.199. The quantitative estimate of drug-likeness (QED) is 0.687. The minimum atomic E-state index is 0.657. The Morgan fingerprint density at radius 1 is 1.21 bits per heavy atom. The summed E-state index contributed by atoms with van der Waals surface area (Å²) in [5, 5.41) is 3.96. The van der Waals surface area contributed by atoms with Gasteiger partial charge in [0.1, 0.15) is 5.75 Å². The molecule has 0 radical (unpaired) electrons. The molecule has 0 aliphatic carbocycles. The van der Waals surface area contributed by atoms with Crippen molar-refractivity contribution in [3.05, 3.63) is 27.2 Å². The minimum absolute atomic E-state index is 0.657. The molecule has 0 atom stereocenters. The molecule has 0 amide bonds. The van der Waals surface area contributed by atoms with E-state index in [4.69, 9.17) is 21.1 Å².